The molecule has 2 nitrogen and oxygen atoms in total. The van der Waals surface area contributed by atoms with Crippen LogP contribution in [0.3, 0.4) is 0 Å². The first-order valence-electron chi connectivity index (χ1n) is 3.54. The molecule has 0 fully saturated rings. The predicted octanol–water partition coefficient (Wildman–Crippen LogP) is 1.23. The minimum Gasteiger partial charge on any atom is -0.492 e. The molecule has 0 amide bonds. The van der Waals surface area contributed by atoms with Gasteiger partial charge in [0.2, 0.25) is 0 Å². The highest BCUT2D eigenvalue weighted by atomic mass is 16.5. The molecule has 2 heteroatoms. The third-order valence-corrected chi connectivity index (χ3v) is 1.32. The van der Waals surface area contributed by atoms with Crippen LogP contribution < -0.4 is 0 Å². The summed E-state index contributed by atoms with van der Waals surface area (Å²) >= 11 is 0. The molecule has 0 aliphatic heterocycles. The number of ether oxygens (including phenoxy) is 1. The summed E-state index contributed by atoms with van der Waals surface area (Å²) in [6.07, 6.45) is 8.21. The Bertz CT molecular complexity index is 147. The van der Waals surface area contributed by atoms with Crippen molar-refractivity contribution in [2.24, 2.45) is 0 Å². The fourth-order valence-corrected chi connectivity index (χ4v) is 0.860. The van der Waals surface area contributed by atoms with Crippen LogP contribution in [-0.4, -0.2) is 18.3 Å². The molecule has 1 N–H and O–H groups in total. The summed E-state index contributed by atoms with van der Waals surface area (Å²) in [4.78, 5) is 0. The molecular formula is C8H12O2. The average molecular weight is 140 g/mol. The average Bonchev–Trinajstić information content (AvgIpc) is 2.03. The van der Waals surface area contributed by atoms with Crippen molar-refractivity contribution in [1.29, 1.82) is 0 Å². The van der Waals surface area contributed by atoms with Crippen molar-refractivity contribution in [3.05, 3.63) is 24.0 Å². The van der Waals surface area contributed by atoms with E-state index in [-0.39, 0.29) is 6.61 Å². The molecule has 56 valence electrons. The van der Waals surface area contributed by atoms with Crippen LogP contribution in [0, 0.1) is 0 Å². The Morgan fingerprint density at radius 2 is 2.40 bits per heavy atom. The van der Waals surface area contributed by atoms with Crippen LogP contribution in [0.1, 0.15) is 12.8 Å². The van der Waals surface area contributed by atoms with Crippen molar-refractivity contribution < 1.29 is 9.84 Å². The van der Waals surface area contributed by atoms with E-state index in [1.165, 1.54) is 0 Å². The Labute approximate surface area is 60.8 Å². The number of hydrogen-bond acceptors (Lipinski definition) is 2. The normalized spacial score (nSPS) is 16.7. The first kappa shape index (κ1) is 7.35. The van der Waals surface area contributed by atoms with Gasteiger partial charge in [-0.05, 0) is 25.0 Å². The Balaban J connectivity index is 2.26. The third kappa shape index (κ3) is 2.23. The van der Waals surface area contributed by atoms with Crippen LogP contribution in [0.5, 0.6) is 0 Å². The maximum absolute atomic E-state index is 8.42. The summed E-state index contributed by atoms with van der Waals surface area (Å²) in [5.74, 6) is 0.889. The second-order valence-corrected chi connectivity index (χ2v) is 2.16. The second kappa shape index (κ2) is 4.12. The van der Waals surface area contributed by atoms with Crippen LogP contribution in [-0.2, 0) is 4.74 Å². The molecular weight excluding hydrogens is 128 g/mol. The number of allylic oxidation sites excluding steroid dienone is 3. The summed E-state index contributed by atoms with van der Waals surface area (Å²) in [5.41, 5.74) is 0. The summed E-state index contributed by atoms with van der Waals surface area (Å²) in [7, 11) is 0. The van der Waals surface area contributed by atoms with Gasteiger partial charge in [0.25, 0.3) is 0 Å². The molecule has 0 aromatic heterocycles. The fourth-order valence-electron chi connectivity index (χ4n) is 0.860. The van der Waals surface area contributed by atoms with E-state index in [9.17, 15) is 0 Å². The van der Waals surface area contributed by atoms with Crippen molar-refractivity contribution in [1.82, 2.24) is 0 Å². The van der Waals surface area contributed by atoms with Crippen molar-refractivity contribution >= 4 is 0 Å². The van der Waals surface area contributed by atoms with Crippen LogP contribution in [0.15, 0.2) is 24.0 Å². The smallest absolute Gasteiger partial charge is 0.115 e. The van der Waals surface area contributed by atoms with E-state index in [0.29, 0.717) is 6.61 Å². The highest BCUT2D eigenvalue weighted by Crippen LogP contribution is 2.09. The molecule has 0 unspecified atom stereocenters. The monoisotopic (exact) mass is 140 g/mol. The topological polar surface area (TPSA) is 29.5 Å². The molecule has 0 radical (unpaired) electrons. The summed E-state index contributed by atoms with van der Waals surface area (Å²) in [6.45, 7) is 0.487. The van der Waals surface area contributed by atoms with Crippen LogP contribution in [0.4, 0.5) is 0 Å². The molecule has 1 rings (SSSR count). The van der Waals surface area contributed by atoms with Gasteiger partial charge in [0.05, 0.1) is 6.61 Å². The van der Waals surface area contributed by atoms with Gasteiger partial charge >= 0.3 is 0 Å². The first-order valence-corrected chi connectivity index (χ1v) is 3.54. The molecule has 0 atom stereocenters. The highest BCUT2D eigenvalue weighted by Gasteiger charge is 1.95. The molecule has 1 aliphatic carbocycles. The van der Waals surface area contributed by atoms with Crippen molar-refractivity contribution in [3.63, 3.8) is 0 Å². The van der Waals surface area contributed by atoms with Gasteiger partial charge in [-0.3, -0.25) is 0 Å². The van der Waals surface area contributed by atoms with Crippen LogP contribution in [0.25, 0.3) is 0 Å². The molecule has 0 heterocycles. The Morgan fingerprint density at radius 1 is 1.50 bits per heavy atom. The van der Waals surface area contributed by atoms with Crippen LogP contribution in [0.2, 0.25) is 0 Å². The zero-order valence-corrected chi connectivity index (χ0v) is 5.92. The molecule has 0 saturated heterocycles. The Morgan fingerprint density at radius 3 is 3.00 bits per heavy atom. The minimum absolute atomic E-state index is 0.0885. The first-order chi connectivity index (χ1) is 4.93. The maximum atomic E-state index is 8.42. The zero-order valence-electron chi connectivity index (χ0n) is 5.92. The van der Waals surface area contributed by atoms with Gasteiger partial charge in [0.15, 0.2) is 0 Å². The van der Waals surface area contributed by atoms with E-state index in [1.54, 1.807) is 0 Å². The Kier molecular flexibility index (Phi) is 3.03. The SMILES string of the molecule is OCCOC1=CCCC=C1. The lowest BCUT2D eigenvalue weighted by Crippen LogP contribution is -1.98. The largest absolute Gasteiger partial charge is 0.492 e. The molecule has 0 saturated carbocycles. The van der Waals surface area contributed by atoms with E-state index in [1.807, 2.05) is 12.2 Å². The molecule has 10 heavy (non-hydrogen) atoms. The standard InChI is InChI=1S/C8H12O2/c9-6-7-10-8-4-2-1-3-5-8/h2,4-5,9H,1,3,6-7H2. The molecule has 0 spiro atoms. The van der Waals surface area contributed by atoms with Gasteiger partial charge in [-0.15, -0.1) is 0 Å². The van der Waals surface area contributed by atoms with E-state index < -0.39 is 0 Å². The van der Waals surface area contributed by atoms with E-state index in [0.717, 1.165) is 18.6 Å². The lowest BCUT2D eigenvalue weighted by Gasteiger charge is -2.07. The summed E-state index contributed by atoms with van der Waals surface area (Å²) < 4.78 is 5.16. The molecule has 0 aromatic rings. The van der Waals surface area contributed by atoms with Crippen LogP contribution >= 0.6 is 0 Å². The van der Waals surface area contributed by atoms with Gasteiger partial charge in [0.1, 0.15) is 12.4 Å². The second-order valence-electron chi connectivity index (χ2n) is 2.16. The van der Waals surface area contributed by atoms with Gasteiger partial charge in [-0.2, -0.15) is 0 Å². The van der Waals surface area contributed by atoms with Crippen molar-refractivity contribution in [2.45, 2.75) is 12.8 Å². The van der Waals surface area contributed by atoms with Gasteiger partial charge in [0, 0.05) is 0 Å². The lowest BCUT2D eigenvalue weighted by atomic mass is 10.2. The number of hydrogen-bond donors (Lipinski definition) is 1. The number of aliphatic hydroxyl groups is 1. The zero-order chi connectivity index (χ0) is 7.23. The van der Waals surface area contributed by atoms with Gasteiger partial charge < -0.3 is 9.84 Å². The lowest BCUT2D eigenvalue weighted by molar-refractivity contribution is 0.151. The van der Waals surface area contributed by atoms with E-state index in [2.05, 4.69) is 6.08 Å². The fraction of sp³-hybridized carbons (Fsp3) is 0.500. The van der Waals surface area contributed by atoms with Crippen molar-refractivity contribution in [3.8, 4) is 0 Å². The summed E-state index contributed by atoms with van der Waals surface area (Å²) in [5, 5.41) is 8.42. The maximum Gasteiger partial charge on any atom is 0.115 e. The van der Waals surface area contributed by atoms with E-state index >= 15 is 0 Å². The quantitative estimate of drug-likeness (QED) is 0.638. The number of rotatable bonds is 3. The van der Waals surface area contributed by atoms with Crippen molar-refractivity contribution in [2.75, 3.05) is 13.2 Å². The van der Waals surface area contributed by atoms with Gasteiger partial charge in [-0.25, -0.2) is 0 Å². The van der Waals surface area contributed by atoms with Gasteiger partial charge in [-0.1, -0.05) is 6.08 Å². The molecule has 1 aliphatic rings. The predicted molar refractivity (Wildman–Crippen MR) is 39.5 cm³/mol. The number of aliphatic hydroxyl groups excluding tert-OH is 1. The molecule has 0 aromatic carbocycles. The highest BCUT2D eigenvalue weighted by molar-refractivity contribution is 5.15. The third-order valence-electron chi connectivity index (χ3n) is 1.32. The minimum atomic E-state index is 0.0885. The van der Waals surface area contributed by atoms with E-state index in [4.69, 9.17) is 9.84 Å². The summed E-state index contributed by atoms with van der Waals surface area (Å²) in [6, 6.07) is 0. The Hall–Kier alpha value is -0.760. The molecule has 0 bridgehead atoms.